The van der Waals surface area contributed by atoms with Crippen LogP contribution < -0.4 is 5.32 Å². The average Bonchev–Trinajstić information content (AvgIpc) is 3.04. The van der Waals surface area contributed by atoms with Crippen LogP contribution in [0.3, 0.4) is 0 Å². The number of anilines is 1. The van der Waals surface area contributed by atoms with Crippen LogP contribution in [-0.4, -0.2) is 18.5 Å². The zero-order valence-electron chi connectivity index (χ0n) is 11.8. The number of nitriles is 1. The summed E-state index contributed by atoms with van der Waals surface area (Å²) in [6.07, 6.45) is 2.87. The van der Waals surface area contributed by atoms with E-state index < -0.39 is 18.5 Å². The van der Waals surface area contributed by atoms with E-state index in [2.05, 4.69) is 5.32 Å². The molecule has 23 heavy (non-hydrogen) atoms. The van der Waals surface area contributed by atoms with Crippen LogP contribution >= 0.6 is 22.9 Å². The largest absolute Gasteiger partial charge is 0.452 e. The van der Waals surface area contributed by atoms with Gasteiger partial charge >= 0.3 is 5.97 Å². The van der Waals surface area contributed by atoms with Crippen LogP contribution in [0.25, 0.3) is 6.08 Å². The molecule has 0 unspecified atom stereocenters. The van der Waals surface area contributed by atoms with Crippen molar-refractivity contribution in [1.82, 2.24) is 0 Å². The maximum atomic E-state index is 11.7. The number of benzene rings is 1. The van der Waals surface area contributed by atoms with Crippen LogP contribution in [-0.2, 0) is 14.3 Å². The molecular formula is C16H11ClN2O3S. The SMILES string of the molecule is N#Cc1ccc(NC(=O)COC(=O)/C=C/c2ccsc2)cc1Cl. The summed E-state index contributed by atoms with van der Waals surface area (Å²) in [6, 6.07) is 8.27. The van der Waals surface area contributed by atoms with E-state index in [9.17, 15) is 9.59 Å². The van der Waals surface area contributed by atoms with Crippen LogP contribution in [0.2, 0.25) is 5.02 Å². The van der Waals surface area contributed by atoms with Crippen molar-refractivity contribution in [3.8, 4) is 6.07 Å². The standard InChI is InChI=1S/C16H11ClN2O3S/c17-14-7-13(3-2-12(14)8-18)19-15(20)9-22-16(21)4-1-11-5-6-23-10-11/h1-7,10H,9H2,(H,19,20)/b4-1+. The maximum absolute atomic E-state index is 11.7. The quantitative estimate of drug-likeness (QED) is 0.664. The molecule has 1 aromatic heterocycles. The molecule has 5 nitrogen and oxygen atoms in total. The van der Waals surface area contributed by atoms with E-state index in [-0.39, 0.29) is 5.02 Å². The number of thiophene rings is 1. The van der Waals surface area contributed by atoms with Crippen LogP contribution in [0.4, 0.5) is 5.69 Å². The highest BCUT2D eigenvalue weighted by molar-refractivity contribution is 7.08. The monoisotopic (exact) mass is 346 g/mol. The third-order valence-electron chi connectivity index (χ3n) is 2.67. The first-order valence-corrected chi connectivity index (χ1v) is 7.77. The zero-order chi connectivity index (χ0) is 16.7. The molecule has 2 rings (SSSR count). The molecule has 1 heterocycles. The van der Waals surface area contributed by atoms with E-state index >= 15 is 0 Å². The highest BCUT2D eigenvalue weighted by atomic mass is 35.5. The van der Waals surface area contributed by atoms with E-state index in [0.717, 1.165) is 5.56 Å². The van der Waals surface area contributed by atoms with Gasteiger partial charge in [0.05, 0.1) is 10.6 Å². The second-order valence-electron chi connectivity index (χ2n) is 4.35. The van der Waals surface area contributed by atoms with E-state index in [1.54, 1.807) is 12.1 Å². The van der Waals surface area contributed by atoms with E-state index in [4.69, 9.17) is 21.6 Å². The number of amides is 1. The Hall–Kier alpha value is -2.62. The van der Waals surface area contributed by atoms with Crippen molar-refractivity contribution < 1.29 is 14.3 Å². The summed E-state index contributed by atoms with van der Waals surface area (Å²) < 4.78 is 4.83. The van der Waals surface area contributed by atoms with Gasteiger partial charge in [0.2, 0.25) is 0 Å². The third kappa shape index (κ3) is 5.25. The molecular weight excluding hydrogens is 336 g/mol. The fourth-order valence-corrected chi connectivity index (χ4v) is 2.45. The van der Waals surface area contributed by atoms with E-state index in [0.29, 0.717) is 11.3 Å². The fraction of sp³-hybridized carbons (Fsp3) is 0.0625. The van der Waals surface area contributed by atoms with Gasteiger partial charge in [-0.2, -0.15) is 16.6 Å². The van der Waals surface area contributed by atoms with Gasteiger partial charge in [-0.1, -0.05) is 11.6 Å². The molecule has 0 spiro atoms. The third-order valence-corrected chi connectivity index (χ3v) is 3.69. The average molecular weight is 347 g/mol. The summed E-state index contributed by atoms with van der Waals surface area (Å²) in [6.45, 7) is -0.412. The summed E-state index contributed by atoms with van der Waals surface area (Å²) in [5.74, 6) is -1.10. The summed E-state index contributed by atoms with van der Waals surface area (Å²) in [5.41, 5.74) is 1.63. The van der Waals surface area contributed by atoms with Gasteiger partial charge in [-0.15, -0.1) is 0 Å². The molecule has 0 bridgehead atoms. The lowest BCUT2D eigenvalue weighted by molar-refractivity contribution is -0.142. The zero-order valence-corrected chi connectivity index (χ0v) is 13.4. The molecule has 2 aromatic rings. The van der Waals surface area contributed by atoms with Crippen molar-refractivity contribution in [2.45, 2.75) is 0 Å². The maximum Gasteiger partial charge on any atom is 0.331 e. The Morgan fingerprint density at radius 2 is 2.22 bits per heavy atom. The molecule has 1 N–H and O–H groups in total. The Morgan fingerprint density at radius 1 is 1.39 bits per heavy atom. The molecule has 0 aliphatic carbocycles. The number of ether oxygens (including phenoxy) is 1. The summed E-state index contributed by atoms with van der Waals surface area (Å²) >= 11 is 7.38. The van der Waals surface area contributed by atoms with Crippen LogP contribution in [0.1, 0.15) is 11.1 Å². The second-order valence-corrected chi connectivity index (χ2v) is 5.54. The number of rotatable bonds is 5. The summed E-state index contributed by atoms with van der Waals surface area (Å²) in [4.78, 5) is 23.2. The number of hydrogen-bond acceptors (Lipinski definition) is 5. The Bertz CT molecular complexity index is 779. The van der Waals surface area contributed by atoms with Gasteiger partial charge in [0.1, 0.15) is 6.07 Å². The van der Waals surface area contributed by atoms with Crippen LogP contribution in [0.5, 0.6) is 0 Å². The molecule has 0 atom stereocenters. The lowest BCUT2D eigenvalue weighted by Gasteiger charge is -2.06. The first-order valence-electron chi connectivity index (χ1n) is 6.45. The first-order chi connectivity index (χ1) is 11.1. The summed E-state index contributed by atoms with van der Waals surface area (Å²) in [5, 5.41) is 15.3. The number of carbonyl (C=O) groups is 2. The number of carbonyl (C=O) groups excluding carboxylic acids is 2. The van der Waals surface area contributed by atoms with Gasteiger partial charge in [0.25, 0.3) is 5.91 Å². The molecule has 0 aliphatic rings. The number of nitrogens with one attached hydrogen (secondary N) is 1. The van der Waals surface area contributed by atoms with Crippen LogP contribution in [0.15, 0.2) is 41.1 Å². The van der Waals surface area contributed by atoms with Gasteiger partial charge < -0.3 is 10.1 Å². The number of nitrogens with zero attached hydrogens (tertiary/aromatic N) is 1. The minimum absolute atomic E-state index is 0.237. The van der Waals surface area contributed by atoms with Crippen molar-refractivity contribution in [3.05, 3.63) is 57.3 Å². The predicted octanol–water partition coefficient (Wildman–Crippen LogP) is 3.47. The van der Waals surface area contributed by atoms with E-state index in [1.807, 2.05) is 22.9 Å². The normalized spacial score (nSPS) is 10.3. The second kappa shape index (κ2) is 8.13. The Morgan fingerprint density at radius 3 is 2.87 bits per heavy atom. The molecule has 0 aliphatic heterocycles. The molecule has 0 saturated heterocycles. The first kappa shape index (κ1) is 16.7. The topological polar surface area (TPSA) is 79.2 Å². The smallest absolute Gasteiger partial charge is 0.331 e. The van der Waals surface area contributed by atoms with Crippen molar-refractivity contribution in [2.24, 2.45) is 0 Å². The van der Waals surface area contributed by atoms with Gasteiger partial charge in [-0.3, -0.25) is 4.79 Å². The van der Waals surface area contributed by atoms with Crippen molar-refractivity contribution in [1.29, 1.82) is 5.26 Å². The minimum atomic E-state index is -0.607. The van der Waals surface area contributed by atoms with Crippen molar-refractivity contribution in [3.63, 3.8) is 0 Å². The fourth-order valence-electron chi connectivity index (χ4n) is 1.60. The highest BCUT2D eigenvalue weighted by Crippen LogP contribution is 2.20. The molecule has 7 heteroatoms. The van der Waals surface area contributed by atoms with E-state index in [1.165, 1.54) is 29.5 Å². The number of esters is 1. The van der Waals surface area contributed by atoms with Gasteiger partial charge in [0.15, 0.2) is 6.61 Å². The van der Waals surface area contributed by atoms with Crippen molar-refractivity contribution in [2.75, 3.05) is 11.9 Å². The lowest BCUT2D eigenvalue weighted by Crippen LogP contribution is -2.20. The molecule has 0 fully saturated rings. The van der Waals surface area contributed by atoms with Crippen LogP contribution in [0, 0.1) is 11.3 Å². The Balaban J connectivity index is 1.82. The van der Waals surface area contributed by atoms with Gasteiger partial charge in [-0.25, -0.2) is 4.79 Å². The number of halogens is 1. The molecule has 0 saturated carbocycles. The highest BCUT2D eigenvalue weighted by Gasteiger charge is 2.07. The van der Waals surface area contributed by atoms with Gasteiger partial charge in [-0.05, 0) is 46.7 Å². The van der Waals surface area contributed by atoms with Crippen molar-refractivity contribution >= 4 is 46.6 Å². The van der Waals surface area contributed by atoms with Gasteiger partial charge in [0, 0.05) is 11.8 Å². The Labute approximate surface area is 141 Å². The molecule has 1 aromatic carbocycles. The molecule has 116 valence electrons. The number of hydrogen-bond donors (Lipinski definition) is 1. The minimum Gasteiger partial charge on any atom is -0.452 e. The lowest BCUT2D eigenvalue weighted by atomic mass is 10.2. The summed E-state index contributed by atoms with van der Waals surface area (Å²) in [7, 11) is 0. The Kier molecular flexibility index (Phi) is 5.92. The molecule has 1 amide bonds. The predicted molar refractivity (Wildman–Crippen MR) is 89.1 cm³/mol. The molecule has 0 radical (unpaired) electrons.